The Kier molecular flexibility index (Phi) is 4.81. The van der Waals surface area contributed by atoms with Gasteiger partial charge in [0.1, 0.15) is 0 Å². The van der Waals surface area contributed by atoms with Gasteiger partial charge in [-0.25, -0.2) is 0 Å². The van der Waals surface area contributed by atoms with Gasteiger partial charge in [0.15, 0.2) is 0 Å². The summed E-state index contributed by atoms with van der Waals surface area (Å²) in [6.07, 6.45) is 12.6. The zero-order chi connectivity index (χ0) is 13.0. The van der Waals surface area contributed by atoms with Crippen molar-refractivity contribution in [1.82, 2.24) is 5.32 Å². The smallest absolute Gasteiger partial charge is 0.227 e. The largest absolute Gasteiger partial charge is 0.353 e. The second-order valence-electron chi connectivity index (χ2n) is 5.94. The third kappa shape index (κ3) is 3.58. The Morgan fingerprint density at radius 3 is 2.44 bits per heavy atom. The van der Waals surface area contributed by atoms with E-state index in [0.29, 0.717) is 12.0 Å². The molecule has 0 saturated heterocycles. The van der Waals surface area contributed by atoms with Crippen LogP contribution in [0.25, 0.3) is 0 Å². The van der Waals surface area contributed by atoms with Gasteiger partial charge in [0.2, 0.25) is 5.91 Å². The number of nitrogens with one attached hydrogen (secondary N) is 1. The average Bonchev–Trinajstić information content (AvgIpc) is 2.63. The number of rotatable bonds is 3. The van der Waals surface area contributed by atoms with Crippen LogP contribution in [0, 0.1) is 11.8 Å². The summed E-state index contributed by atoms with van der Waals surface area (Å²) in [7, 11) is 0. The molecule has 3 nitrogen and oxygen atoms in total. The van der Waals surface area contributed by atoms with Crippen molar-refractivity contribution >= 4 is 5.91 Å². The van der Waals surface area contributed by atoms with Crippen molar-refractivity contribution in [3.63, 3.8) is 0 Å². The van der Waals surface area contributed by atoms with Crippen LogP contribution < -0.4 is 11.1 Å². The van der Waals surface area contributed by atoms with Gasteiger partial charge >= 0.3 is 0 Å². The Morgan fingerprint density at radius 1 is 1.22 bits per heavy atom. The van der Waals surface area contributed by atoms with Gasteiger partial charge in [-0.1, -0.05) is 37.8 Å². The van der Waals surface area contributed by atoms with Crippen LogP contribution in [0.5, 0.6) is 0 Å². The molecule has 0 aromatic carbocycles. The van der Waals surface area contributed by atoms with E-state index in [9.17, 15) is 4.79 Å². The van der Waals surface area contributed by atoms with Crippen molar-refractivity contribution in [3.8, 4) is 0 Å². The van der Waals surface area contributed by atoms with Gasteiger partial charge in [0.25, 0.3) is 0 Å². The molecule has 0 aromatic heterocycles. The van der Waals surface area contributed by atoms with E-state index in [2.05, 4.69) is 12.2 Å². The first-order valence-corrected chi connectivity index (χ1v) is 7.41. The van der Waals surface area contributed by atoms with Crippen LogP contribution in [0.2, 0.25) is 0 Å². The SMILES string of the molecule is C[C@@H](NC(=O)C1C=CC(N)C1)C1CCCCCC1. The maximum Gasteiger partial charge on any atom is 0.227 e. The van der Waals surface area contributed by atoms with E-state index in [1.54, 1.807) is 0 Å². The summed E-state index contributed by atoms with van der Waals surface area (Å²) in [5.41, 5.74) is 5.79. The number of carbonyl (C=O) groups is 1. The first-order chi connectivity index (χ1) is 8.66. The fourth-order valence-corrected chi connectivity index (χ4v) is 3.18. The highest BCUT2D eigenvalue weighted by molar-refractivity contribution is 5.81. The van der Waals surface area contributed by atoms with E-state index < -0.39 is 0 Å². The highest BCUT2D eigenvalue weighted by atomic mass is 16.1. The normalized spacial score (nSPS) is 31.0. The van der Waals surface area contributed by atoms with E-state index in [1.807, 2.05) is 12.2 Å². The van der Waals surface area contributed by atoms with Crippen LogP contribution in [0.15, 0.2) is 12.2 Å². The van der Waals surface area contributed by atoms with Gasteiger partial charge < -0.3 is 11.1 Å². The first-order valence-electron chi connectivity index (χ1n) is 7.41. The highest BCUT2D eigenvalue weighted by Crippen LogP contribution is 2.26. The van der Waals surface area contributed by atoms with Gasteiger partial charge in [-0.3, -0.25) is 4.79 Å². The van der Waals surface area contributed by atoms with Gasteiger partial charge in [-0.05, 0) is 32.1 Å². The predicted octanol–water partition coefficient (Wildman–Crippen LogP) is 2.36. The molecule has 0 radical (unpaired) electrons. The van der Waals surface area contributed by atoms with E-state index in [0.717, 1.165) is 6.42 Å². The van der Waals surface area contributed by atoms with Crippen LogP contribution in [0.4, 0.5) is 0 Å². The van der Waals surface area contributed by atoms with Gasteiger partial charge in [-0.2, -0.15) is 0 Å². The lowest BCUT2D eigenvalue weighted by atomic mass is 9.92. The summed E-state index contributed by atoms with van der Waals surface area (Å²) >= 11 is 0. The maximum absolute atomic E-state index is 12.1. The first kappa shape index (κ1) is 13.6. The Bertz CT molecular complexity index is 306. The third-order valence-electron chi connectivity index (χ3n) is 4.43. The minimum atomic E-state index is -0.00627. The molecule has 2 aliphatic rings. The fourth-order valence-electron chi connectivity index (χ4n) is 3.18. The van der Waals surface area contributed by atoms with Crippen molar-refractivity contribution in [3.05, 3.63) is 12.2 Å². The summed E-state index contributed by atoms with van der Waals surface area (Å²) in [4.78, 5) is 12.1. The summed E-state index contributed by atoms with van der Waals surface area (Å²) in [6.45, 7) is 2.16. The van der Waals surface area contributed by atoms with Crippen molar-refractivity contribution < 1.29 is 4.79 Å². The number of hydrogen-bond acceptors (Lipinski definition) is 2. The molecular formula is C15H26N2O. The standard InChI is InChI=1S/C15H26N2O/c1-11(12-6-4-2-3-5-7-12)17-15(18)13-8-9-14(16)10-13/h8-9,11-14H,2-7,10,16H2,1H3,(H,17,18)/t11-,13?,14?/m1/s1. The lowest BCUT2D eigenvalue weighted by Crippen LogP contribution is -2.41. The molecule has 0 heterocycles. The Balaban J connectivity index is 1.80. The van der Waals surface area contributed by atoms with Crippen molar-refractivity contribution in [1.29, 1.82) is 0 Å². The molecule has 2 aliphatic carbocycles. The summed E-state index contributed by atoms with van der Waals surface area (Å²) in [5.74, 6) is 0.819. The van der Waals surface area contributed by atoms with E-state index in [1.165, 1.54) is 38.5 Å². The van der Waals surface area contributed by atoms with Crippen molar-refractivity contribution in [2.75, 3.05) is 0 Å². The summed E-state index contributed by atoms with van der Waals surface area (Å²) < 4.78 is 0. The van der Waals surface area contributed by atoms with Crippen LogP contribution in [0.1, 0.15) is 51.9 Å². The molecule has 0 aliphatic heterocycles. The zero-order valence-corrected chi connectivity index (χ0v) is 11.4. The lowest BCUT2D eigenvalue weighted by Gasteiger charge is -2.24. The molecule has 3 heteroatoms. The topological polar surface area (TPSA) is 55.1 Å². The van der Waals surface area contributed by atoms with Gasteiger partial charge in [-0.15, -0.1) is 0 Å². The molecular weight excluding hydrogens is 224 g/mol. The minimum Gasteiger partial charge on any atom is -0.353 e. The van der Waals surface area contributed by atoms with Crippen LogP contribution in [0.3, 0.4) is 0 Å². The molecule has 0 spiro atoms. The highest BCUT2D eigenvalue weighted by Gasteiger charge is 2.26. The average molecular weight is 250 g/mol. The lowest BCUT2D eigenvalue weighted by molar-refractivity contribution is -0.124. The summed E-state index contributed by atoms with van der Waals surface area (Å²) in [5, 5.41) is 3.19. The minimum absolute atomic E-state index is 0.00627. The Labute approximate surface area is 110 Å². The fraction of sp³-hybridized carbons (Fsp3) is 0.800. The van der Waals surface area contributed by atoms with Crippen LogP contribution >= 0.6 is 0 Å². The molecule has 102 valence electrons. The summed E-state index contributed by atoms with van der Waals surface area (Å²) in [6, 6.07) is 0.370. The van der Waals surface area contributed by atoms with E-state index in [-0.39, 0.29) is 17.9 Å². The second-order valence-corrected chi connectivity index (χ2v) is 5.94. The van der Waals surface area contributed by atoms with E-state index >= 15 is 0 Å². The number of hydrogen-bond donors (Lipinski definition) is 2. The molecule has 3 N–H and O–H groups in total. The van der Waals surface area contributed by atoms with Gasteiger partial charge in [0, 0.05) is 12.1 Å². The molecule has 1 fully saturated rings. The molecule has 2 rings (SSSR count). The predicted molar refractivity (Wildman–Crippen MR) is 74.0 cm³/mol. The number of nitrogens with two attached hydrogens (primary N) is 1. The maximum atomic E-state index is 12.1. The van der Waals surface area contributed by atoms with E-state index in [4.69, 9.17) is 5.73 Å². The monoisotopic (exact) mass is 250 g/mol. The molecule has 18 heavy (non-hydrogen) atoms. The molecule has 0 bridgehead atoms. The van der Waals surface area contributed by atoms with Crippen molar-refractivity contribution in [2.45, 2.75) is 64.0 Å². The third-order valence-corrected chi connectivity index (χ3v) is 4.43. The molecule has 1 amide bonds. The Hall–Kier alpha value is -0.830. The zero-order valence-electron chi connectivity index (χ0n) is 11.4. The van der Waals surface area contributed by atoms with Crippen LogP contribution in [-0.2, 0) is 4.79 Å². The molecule has 3 atom stereocenters. The second kappa shape index (κ2) is 6.37. The molecule has 1 saturated carbocycles. The quantitative estimate of drug-likeness (QED) is 0.597. The number of amides is 1. The Morgan fingerprint density at radius 2 is 1.89 bits per heavy atom. The van der Waals surface area contributed by atoms with Crippen LogP contribution in [-0.4, -0.2) is 18.0 Å². The molecule has 0 aromatic rings. The molecule has 2 unspecified atom stereocenters. The van der Waals surface area contributed by atoms with Gasteiger partial charge in [0.05, 0.1) is 5.92 Å². The number of carbonyl (C=O) groups excluding carboxylic acids is 1. The van der Waals surface area contributed by atoms with Crippen molar-refractivity contribution in [2.24, 2.45) is 17.6 Å².